The van der Waals surface area contributed by atoms with Crippen LogP contribution in [0.4, 0.5) is 0 Å². The lowest BCUT2D eigenvalue weighted by Gasteiger charge is -2.19. The van der Waals surface area contributed by atoms with Crippen molar-refractivity contribution in [2.75, 3.05) is 6.54 Å². The second-order valence-corrected chi connectivity index (χ2v) is 7.25. The molecule has 0 fully saturated rings. The number of halogens is 2. The maximum atomic E-state index is 12.7. The van der Waals surface area contributed by atoms with Gasteiger partial charge in [-0.25, -0.2) is 0 Å². The fourth-order valence-corrected chi connectivity index (χ4v) is 3.52. The Labute approximate surface area is 176 Å². The first-order valence-electron chi connectivity index (χ1n) is 8.68. The van der Waals surface area contributed by atoms with Crippen LogP contribution in [0.3, 0.4) is 0 Å². The maximum Gasteiger partial charge on any atom is 0.262 e. The first-order valence-corrected chi connectivity index (χ1v) is 9.44. The van der Waals surface area contributed by atoms with Crippen molar-refractivity contribution in [1.29, 1.82) is 0 Å². The highest BCUT2D eigenvalue weighted by atomic mass is 35.5. The van der Waals surface area contributed by atoms with Crippen molar-refractivity contribution in [3.05, 3.63) is 93.4 Å². The Morgan fingerprint density at radius 3 is 2.14 bits per heavy atom. The second-order valence-electron chi connectivity index (χ2n) is 6.43. The van der Waals surface area contributed by atoms with Crippen LogP contribution in [0.5, 0.6) is 0 Å². The smallest absolute Gasteiger partial charge is 0.262 e. The summed E-state index contributed by atoms with van der Waals surface area (Å²) in [6, 6.07) is 14.8. The van der Waals surface area contributed by atoms with Gasteiger partial charge in [0.05, 0.1) is 27.4 Å². The van der Waals surface area contributed by atoms with E-state index in [-0.39, 0.29) is 21.2 Å². The number of carbonyl (C=O) groups is 3. The van der Waals surface area contributed by atoms with Crippen molar-refractivity contribution in [3.63, 3.8) is 0 Å². The molecule has 3 amide bonds. The fraction of sp³-hybridized carbons (Fsp3) is 0.0952. The summed E-state index contributed by atoms with van der Waals surface area (Å²) >= 11 is 11.9. The predicted octanol–water partition coefficient (Wildman–Crippen LogP) is 4.09. The molecule has 2 aromatic carbocycles. The van der Waals surface area contributed by atoms with Crippen LogP contribution in [0.2, 0.25) is 10.0 Å². The molecule has 4 rings (SSSR count). The SMILES string of the molecule is O=C(CN1C(=O)c2cc(Cl)c(Cl)cc2C1=O)NC(c1ccccc1)c1ccco1. The molecule has 0 saturated carbocycles. The van der Waals surface area contributed by atoms with Gasteiger partial charge in [-0.2, -0.15) is 0 Å². The van der Waals surface area contributed by atoms with Crippen molar-refractivity contribution < 1.29 is 18.8 Å². The Morgan fingerprint density at radius 1 is 0.966 bits per heavy atom. The zero-order chi connectivity index (χ0) is 20.5. The fourth-order valence-electron chi connectivity index (χ4n) is 3.20. The van der Waals surface area contributed by atoms with Crippen molar-refractivity contribution in [2.45, 2.75) is 6.04 Å². The molecule has 6 nitrogen and oxygen atoms in total. The number of fused-ring (bicyclic) bond motifs is 1. The molecule has 3 aromatic rings. The molecule has 0 aliphatic carbocycles. The number of rotatable bonds is 5. The van der Waals surface area contributed by atoms with Gasteiger partial charge in [0, 0.05) is 0 Å². The second kappa shape index (κ2) is 7.73. The summed E-state index contributed by atoms with van der Waals surface area (Å²) in [5.41, 5.74) is 1.06. The number of nitrogens with zero attached hydrogens (tertiary/aromatic N) is 1. The van der Waals surface area contributed by atoms with Crippen LogP contribution < -0.4 is 5.32 Å². The molecule has 8 heteroatoms. The largest absolute Gasteiger partial charge is 0.467 e. The summed E-state index contributed by atoms with van der Waals surface area (Å²) in [6.45, 7) is -0.439. The monoisotopic (exact) mass is 428 g/mol. The first-order chi connectivity index (χ1) is 14.0. The van der Waals surface area contributed by atoms with Gasteiger partial charge in [0.25, 0.3) is 11.8 Å². The topological polar surface area (TPSA) is 79.6 Å². The molecule has 0 spiro atoms. The van der Waals surface area contributed by atoms with Crippen LogP contribution in [0, 0.1) is 0 Å². The average molecular weight is 429 g/mol. The van der Waals surface area contributed by atoms with E-state index in [2.05, 4.69) is 5.32 Å². The third kappa shape index (κ3) is 3.64. The molecule has 2 heterocycles. The first kappa shape index (κ1) is 19.2. The van der Waals surface area contributed by atoms with Crippen LogP contribution in [0.15, 0.2) is 65.3 Å². The zero-order valence-electron chi connectivity index (χ0n) is 14.9. The minimum absolute atomic E-state index is 0.128. The molecular weight excluding hydrogens is 415 g/mol. The van der Waals surface area contributed by atoms with Crippen molar-refractivity contribution in [1.82, 2.24) is 10.2 Å². The van der Waals surface area contributed by atoms with E-state index in [4.69, 9.17) is 27.6 Å². The predicted molar refractivity (Wildman–Crippen MR) is 107 cm³/mol. The molecular formula is C21H14Cl2N2O4. The van der Waals surface area contributed by atoms with Crippen molar-refractivity contribution in [2.24, 2.45) is 0 Å². The average Bonchev–Trinajstić information content (AvgIpc) is 3.32. The number of imide groups is 1. The molecule has 29 heavy (non-hydrogen) atoms. The molecule has 1 aromatic heterocycles. The van der Waals surface area contributed by atoms with E-state index >= 15 is 0 Å². The number of benzene rings is 2. The Bertz CT molecular complexity index is 1060. The third-order valence-corrected chi connectivity index (χ3v) is 5.30. The summed E-state index contributed by atoms with van der Waals surface area (Å²) in [5, 5.41) is 3.16. The summed E-state index contributed by atoms with van der Waals surface area (Å²) < 4.78 is 5.45. The van der Waals surface area contributed by atoms with Crippen LogP contribution in [-0.4, -0.2) is 29.2 Å². The summed E-state index contributed by atoms with van der Waals surface area (Å²) in [5.74, 6) is -1.16. The standard InChI is InChI=1S/C21H14Cl2N2O4/c22-15-9-13-14(10-16(15)23)21(28)25(20(13)27)11-18(26)24-19(17-7-4-8-29-17)12-5-2-1-3-6-12/h1-10,19H,11H2,(H,24,26). The Balaban J connectivity index is 1.55. The minimum atomic E-state index is -0.590. The molecule has 1 unspecified atom stereocenters. The van der Waals surface area contributed by atoms with Crippen molar-refractivity contribution in [3.8, 4) is 0 Å². The van der Waals surface area contributed by atoms with E-state index in [1.807, 2.05) is 30.3 Å². The van der Waals surface area contributed by atoms with E-state index in [0.29, 0.717) is 5.76 Å². The Kier molecular flexibility index (Phi) is 5.13. The highest BCUT2D eigenvalue weighted by Gasteiger charge is 2.37. The lowest BCUT2D eigenvalue weighted by atomic mass is 10.0. The lowest BCUT2D eigenvalue weighted by molar-refractivity contribution is -0.122. The van der Waals surface area contributed by atoms with Gasteiger partial charge in [0.1, 0.15) is 18.3 Å². The molecule has 0 saturated heterocycles. The van der Waals surface area contributed by atoms with Gasteiger partial charge in [-0.05, 0) is 29.8 Å². The molecule has 146 valence electrons. The van der Waals surface area contributed by atoms with Gasteiger partial charge in [0.15, 0.2) is 0 Å². The number of carbonyl (C=O) groups excluding carboxylic acids is 3. The Morgan fingerprint density at radius 2 is 1.59 bits per heavy atom. The van der Waals surface area contributed by atoms with Gasteiger partial charge in [-0.15, -0.1) is 0 Å². The van der Waals surface area contributed by atoms with E-state index in [1.54, 1.807) is 12.1 Å². The highest BCUT2D eigenvalue weighted by Crippen LogP contribution is 2.31. The van der Waals surface area contributed by atoms with Gasteiger partial charge >= 0.3 is 0 Å². The zero-order valence-corrected chi connectivity index (χ0v) is 16.4. The molecule has 1 aliphatic heterocycles. The van der Waals surface area contributed by atoms with Crippen LogP contribution in [0.25, 0.3) is 0 Å². The molecule has 0 radical (unpaired) electrons. The van der Waals surface area contributed by atoms with Crippen LogP contribution >= 0.6 is 23.2 Å². The van der Waals surface area contributed by atoms with Gasteiger partial charge in [-0.3, -0.25) is 19.3 Å². The van der Waals surface area contributed by atoms with E-state index in [1.165, 1.54) is 18.4 Å². The van der Waals surface area contributed by atoms with Crippen LogP contribution in [-0.2, 0) is 4.79 Å². The molecule has 1 N–H and O–H groups in total. The Hall–Kier alpha value is -3.09. The summed E-state index contributed by atoms with van der Waals surface area (Å²) in [6.07, 6.45) is 1.51. The summed E-state index contributed by atoms with van der Waals surface area (Å²) in [7, 11) is 0. The number of hydrogen-bond acceptors (Lipinski definition) is 4. The lowest BCUT2D eigenvalue weighted by Crippen LogP contribution is -2.41. The highest BCUT2D eigenvalue weighted by molar-refractivity contribution is 6.43. The molecule has 0 bridgehead atoms. The van der Waals surface area contributed by atoms with Gasteiger partial charge in [0.2, 0.25) is 5.91 Å². The summed E-state index contributed by atoms with van der Waals surface area (Å²) in [4.78, 5) is 38.8. The maximum absolute atomic E-state index is 12.7. The quantitative estimate of drug-likeness (QED) is 0.620. The number of hydrogen-bond donors (Lipinski definition) is 1. The normalized spacial score (nSPS) is 14.1. The van der Waals surface area contributed by atoms with Crippen LogP contribution in [0.1, 0.15) is 38.1 Å². The number of nitrogens with one attached hydrogen (secondary N) is 1. The van der Waals surface area contributed by atoms with Gasteiger partial charge < -0.3 is 9.73 Å². The van der Waals surface area contributed by atoms with E-state index in [0.717, 1.165) is 10.5 Å². The number of furan rings is 1. The van der Waals surface area contributed by atoms with Gasteiger partial charge in [-0.1, -0.05) is 53.5 Å². The molecule has 1 aliphatic rings. The molecule has 1 atom stereocenters. The van der Waals surface area contributed by atoms with E-state index < -0.39 is 30.3 Å². The van der Waals surface area contributed by atoms with E-state index in [9.17, 15) is 14.4 Å². The number of amides is 3. The van der Waals surface area contributed by atoms with Crippen molar-refractivity contribution >= 4 is 40.9 Å². The third-order valence-electron chi connectivity index (χ3n) is 4.58. The minimum Gasteiger partial charge on any atom is -0.467 e.